The zero-order chi connectivity index (χ0) is 36.3. The van der Waals surface area contributed by atoms with Crippen molar-refractivity contribution < 1.29 is 27.6 Å². The van der Waals surface area contributed by atoms with Gasteiger partial charge in [-0.2, -0.15) is 13.2 Å². The third-order valence-electron chi connectivity index (χ3n) is 7.57. The van der Waals surface area contributed by atoms with Crippen LogP contribution in [0.5, 0.6) is 0 Å². The van der Waals surface area contributed by atoms with E-state index in [2.05, 4.69) is 50.2 Å². The maximum atomic E-state index is 13.6. The Hall–Kier alpha value is -5.17. The van der Waals surface area contributed by atoms with Crippen LogP contribution in [0.15, 0.2) is 53.3 Å². The molecule has 13 heteroatoms. The maximum absolute atomic E-state index is 13.6. The van der Waals surface area contributed by atoms with Gasteiger partial charge >= 0.3 is 6.18 Å². The lowest BCUT2D eigenvalue weighted by atomic mass is 10.0. The fourth-order valence-corrected chi connectivity index (χ4v) is 5.04. The summed E-state index contributed by atoms with van der Waals surface area (Å²) in [5.74, 6) is -1.37. The van der Waals surface area contributed by atoms with Crippen LogP contribution in [0, 0.1) is 13.8 Å². The minimum atomic E-state index is -4.69. The molecule has 0 unspecified atom stereocenters. The number of hydrogen-bond acceptors (Lipinski definition) is 6. The number of benzene rings is 2. The number of nitrogens with one attached hydrogen (secondary N) is 6. The van der Waals surface area contributed by atoms with Crippen LogP contribution in [0.25, 0.3) is 11.6 Å². The number of aliphatic imine (C=N–C) groups is 1. The molecule has 0 saturated carbocycles. The van der Waals surface area contributed by atoms with Crippen molar-refractivity contribution in [3.8, 4) is 0 Å². The second-order valence-electron chi connectivity index (χ2n) is 11.1. The molecule has 262 valence electrons. The molecule has 3 aromatic rings. The Morgan fingerprint density at radius 1 is 1.00 bits per heavy atom. The smallest absolute Gasteiger partial charge is 0.360 e. The van der Waals surface area contributed by atoms with Gasteiger partial charge in [0.05, 0.1) is 28.1 Å². The van der Waals surface area contributed by atoms with E-state index in [0.717, 1.165) is 31.5 Å². The molecule has 10 nitrogen and oxygen atoms in total. The zero-order valence-electron chi connectivity index (χ0n) is 28.7. The molecular formula is C36H44F3N7O3. The molecule has 0 fully saturated rings. The van der Waals surface area contributed by atoms with Crippen molar-refractivity contribution in [3.05, 3.63) is 87.5 Å². The van der Waals surface area contributed by atoms with Gasteiger partial charge in [-0.1, -0.05) is 33.3 Å². The van der Waals surface area contributed by atoms with Gasteiger partial charge in [-0.25, -0.2) is 0 Å². The fourth-order valence-electron chi connectivity index (χ4n) is 5.04. The predicted molar refractivity (Wildman–Crippen MR) is 191 cm³/mol. The first-order chi connectivity index (χ1) is 23.3. The van der Waals surface area contributed by atoms with Gasteiger partial charge < -0.3 is 31.6 Å². The molecule has 1 aliphatic heterocycles. The van der Waals surface area contributed by atoms with Crippen LogP contribution >= 0.6 is 0 Å². The molecule has 1 aliphatic rings. The van der Waals surface area contributed by atoms with Crippen LogP contribution < -0.4 is 26.6 Å². The quantitative estimate of drug-likeness (QED) is 0.0631. The largest absolute Gasteiger partial charge is 0.416 e. The van der Waals surface area contributed by atoms with Crippen molar-refractivity contribution in [3.63, 3.8) is 0 Å². The molecule has 4 rings (SSSR count). The number of nitrogens with zero attached hydrogens (tertiary/aromatic N) is 1. The number of amides is 3. The predicted octanol–water partition coefficient (Wildman–Crippen LogP) is 7.51. The minimum Gasteiger partial charge on any atom is -0.360 e. The number of fused-ring (bicyclic) bond motifs is 1. The van der Waals surface area contributed by atoms with Gasteiger partial charge in [0.2, 0.25) is 0 Å². The van der Waals surface area contributed by atoms with Gasteiger partial charge in [0.1, 0.15) is 0 Å². The van der Waals surface area contributed by atoms with Crippen LogP contribution in [-0.4, -0.2) is 49.1 Å². The lowest BCUT2D eigenvalue weighted by molar-refractivity contribution is -0.137. The van der Waals surface area contributed by atoms with E-state index >= 15 is 0 Å². The van der Waals surface area contributed by atoms with Crippen molar-refractivity contribution >= 4 is 53.2 Å². The topological polar surface area (TPSA) is 140 Å². The molecule has 0 saturated heterocycles. The summed E-state index contributed by atoms with van der Waals surface area (Å²) in [7, 11) is 0. The Morgan fingerprint density at radius 2 is 1.73 bits per heavy atom. The van der Waals surface area contributed by atoms with E-state index < -0.39 is 17.6 Å². The van der Waals surface area contributed by atoms with Gasteiger partial charge in [0, 0.05) is 53.2 Å². The molecule has 3 amide bonds. The van der Waals surface area contributed by atoms with Crippen molar-refractivity contribution in [1.29, 1.82) is 0 Å². The van der Waals surface area contributed by atoms with Crippen molar-refractivity contribution in [2.24, 2.45) is 4.99 Å². The molecular weight excluding hydrogens is 635 g/mol. The van der Waals surface area contributed by atoms with Gasteiger partial charge in [-0.05, 0) is 82.4 Å². The molecule has 0 atom stereocenters. The number of carbonyl (C=O) groups excluding carboxylic acids is 3. The third-order valence-corrected chi connectivity index (χ3v) is 7.57. The van der Waals surface area contributed by atoms with E-state index in [4.69, 9.17) is 0 Å². The second-order valence-corrected chi connectivity index (χ2v) is 11.1. The Bertz CT molecular complexity index is 1760. The average molecular weight is 680 g/mol. The van der Waals surface area contributed by atoms with Crippen LogP contribution in [0.2, 0.25) is 0 Å². The summed E-state index contributed by atoms with van der Waals surface area (Å²) in [4.78, 5) is 45.8. The van der Waals surface area contributed by atoms with Crippen molar-refractivity contribution in [1.82, 2.24) is 15.6 Å². The summed E-state index contributed by atoms with van der Waals surface area (Å²) < 4.78 is 40.8. The van der Waals surface area contributed by atoms with Gasteiger partial charge in [-0.15, -0.1) is 0 Å². The molecule has 0 spiro atoms. The number of halogens is 3. The summed E-state index contributed by atoms with van der Waals surface area (Å²) in [5.41, 5.74) is 3.32. The van der Waals surface area contributed by atoms with Crippen LogP contribution in [0.3, 0.4) is 0 Å². The number of alkyl halides is 3. The first kappa shape index (κ1) is 38.3. The number of aryl methyl sites for hydroxylation is 1. The summed E-state index contributed by atoms with van der Waals surface area (Å²) >= 11 is 0. The number of aromatic nitrogens is 1. The molecule has 2 aromatic carbocycles. The highest BCUT2D eigenvalue weighted by Crippen LogP contribution is 2.36. The number of allylic oxidation sites excluding steroid dienone is 1. The van der Waals surface area contributed by atoms with E-state index in [-0.39, 0.29) is 28.8 Å². The number of H-pyrrole nitrogens is 1. The van der Waals surface area contributed by atoms with Crippen LogP contribution in [0.4, 0.5) is 30.2 Å². The molecule has 0 aliphatic carbocycles. The van der Waals surface area contributed by atoms with Crippen LogP contribution in [0.1, 0.15) is 89.3 Å². The standard InChI is InChI=1S/C34H38F3N7O3.C2H6/c1-6-7-10-39-11-12-40-33(47)30-20(3)28(42-21(30)4)17-27-26-9-8-24(16-29(26)44-32(27)46)43-31(45)22-13-23(34(35,36)37)15-25(14-22)41-18-19(2)38-5;1-2/h8-9,13-18,39,41-42H,5-7,10-12H2,1-4H3,(H,40,47)(H,43,45)(H,44,46);1-2H3/b19-18-,27-17-;. The normalized spacial score (nSPS) is 13.3. The lowest BCUT2D eigenvalue weighted by Gasteiger charge is -2.13. The number of aromatic amines is 1. The van der Waals surface area contributed by atoms with Gasteiger partial charge in [0.15, 0.2) is 0 Å². The van der Waals surface area contributed by atoms with Crippen molar-refractivity contribution in [2.45, 2.75) is 60.6 Å². The Balaban J connectivity index is 0.00000319. The number of hydrogen-bond donors (Lipinski definition) is 6. The van der Waals surface area contributed by atoms with E-state index in [9.17, 15) is 27.6 Å². The Kier molecular flexibility index (Phi) is 13.5. The highest BCUT2D eigenvalue weighted by molar-refractivity contribution is 6.35. The Morgan fingerprint density at radius 3 is 2.41 bits per heavy atom. The van der Waals surface area contributed by atoms with Gasteiger partial charge in [-0.3, -0.25) is 19.4 Å². The minimum absolute atomic E-state index is 0.0406. The third kappa shape index (κ3) is 9.92. The van der Waals surface area contributed by atoms with E-state index in [1.807, 2.05) is 13.8 Å². The van der Waals surface area contributed by atoms with Crippen molar-refractivity contribution in [2.75, 3.05) is 35.6 Å². The van der Waals surface area contributed by atoms with E-state index in [1.54, 1.807) is 39.0 Å². The highest BCUT2D eigenvalue weighted by Gasteiger charge is 2.32. The zero-order valence-corrected chi connectivity index (χ0v) is 28.7. The molecule has 49 heavy (non-hydrogen) atoms. The van der Waals surface area contributed by atoms with E-state index in [0.29, 0.717) is 58.1 Å². The maximum Gasteiger partial charge on any atom is 0.416 e. The molecule has 0 radical (unpaired) electrons. The first-order valence-corrected chi connectivity index (χ1v) is 16.1. The van der Waals surface area contributed by atoms with Gasteiger partial charge in [0.25, 0.3) is 17.7 Å². The monoisotopic (exact) mass is 679 g/mol. The highest BCUT2D eigenvalue weighted by atomic mass is 19.4. The number of carbonyl (C=O) groups is 3. The first-order valence-electron chi connectivity index (χ1n) is 16.1. The number of rotatable bonds is 13. The molecule has 0 bridgehead atoms. The SMILES string of the molecule is C=N/C(C)=C\Nc1cc(C(=O)Nc2ccc3c(c2)NC(=O)/C3=C\c2[nH]c(C)c(C(=O)NCCNCCCC)c2C)cc(C(F)(F)F)c1.CC. The summed E-state index contributed by atoms with van der Waals surface area (Å²) in [6.07, 6.45) is 0.517. The fraction of sp³-hybridized carbons (Fsp3) is 0.333. The summed E-state index contributed by atoms with van der Waals surface area (Å²) in [6.45, 7) is 16.7. The second kappa shape index (κ2) is 17.3. The lowest BCUT2D eigenvalue weighted by Crippen LogP contribution is -2.32. The average Bonchev–Trinajstić information content (AvgIpc) is 3.54. The number of unbranched alkanes of at least 4 members (excludes halogenated alkanes) is 1. The molecule has 1 aromatic heterocycles. The number of anilines is 3. The molecule has 6 N–H and O–H groups in total. The van der Waals surface area contributed by atoms with Crippen LogP contribution in [-0.2, 0) is 11.0 Å². The molecule has 2 heterocycles. The Labute approximate surface area is 284 Å². The van der Waals surface area contributed by atoms with E-state index in [1.165, 1.54) is 18.3 Å². The summed E-state index contributed by atoms with van der Waals surface area (Å²) in [5, 5.41) is 14.3. The summed E-state index contributed by atoms with van der Waals surface area (Å²) in [6, 6.07) is 7.65.